The molecule has 2 nitrogen and oxygen atoms in total. The smallest absolute Gasteiger partial charge is 0.0468 e. The number of benzene rings is 8. The van der Waals surface area contributed by atoms with Crippen molar-refractivity contribution in [2.24, 2.45) is 0 Å². The maximum Gasteiger partial charge on any atom is 0.0468 e. The van der Waals surface area contributed by atoms with Gasteiger partial charge in [0.25, 0.3) is 0 Å². The molecule has 0 aromatic heterocycles. The summed E-state index contributed by atoms with van der Waals surface area (Å²) in [4.78, 5) is 4.85. The monoisotopic (exact) mass is 854 g/mol. The topological polar surface area (TPSA) is 6.48 Å². The number of fused-ring (bicyclic) bond motifs is 4. The Morgan fingerprint density at radius 3 is 0.939 bits per heavy atom. The van der Waals surface area contributed by atoms with Crippen molar-refractivity contribution in [3.05, 3.63) is 257 Å². The fourth-order valence-corrected chi connectivity index (χ4v) is 10.7. The second-order valence-corrected chi connectivity index (χ2v) is 18.8. The summed E-state index contributed by atoms with van der Waals surface area (Å²) < 4.78 is 0. The predicted octanol–water partition coefficient (Wildman–Crippen LogP) is 17.4. The number of anilines is 6. The van der Waals surface area contributed by atoms with Gasteiger partial charge in [0.15, 0.2) is 0 Å². The SMILES string of the molecule is Cc1ccc(N(c2ccc(C=C3CCCCC3)cc2)c2ccc3c(c2)=c2ccc(N(c4ccc(C)cc4)c4ccc(C=C5CCCCC5)cc4)cc2=c2ccccc2=c2ccccc2=3)cc1. The lowest BCUT2D eigenvalue weighted by atomic mass is 9.93. The number of hydrogen-bond acceptors (Lipinski definition) is 2. The fourth-order valence-electron chi connectivity index (χ4n) is 10.7. The van der Waals surface area contributed by atoms with E-state index in [0.717, 1.165) is 34.1 Å². The first-order valence-electron chi connectivity index (χ1n) is 24.3. The van der Waals surface area contributed by atoms with E-state index in [9.17, 15) is 0 Å². The van der Waals surface area contributed by atoms with E-state index < -0.39 is 0 Å². The lowest BCUT2D eigenvalue weighted by Gasteiger charge is -2.26. The molecule has 0 N–H and O–H groups in total. The van der Waals surface area contributed by atoms with Crippen LogP contribution in [0.3, 0.4) is 0 Å². The molecule has 11 rings (SSSR count). The van der Waals surface area contributed by atoms with Crippen LogP contribution in [0.2, 0.25) is 0 Å². The Balaban J connectivity index is 1.15. The highest BCUT2D eigenvalue weighted by Crippen LogP contribution is 2.38. The molecule has 0 saturated heterocycles. The highest BCUT2D eigenvalue weighted by Gasteiger charge is 2.17. The molecule has 0 amide bonds. The normalized spacial score (nSPS) is 14.2. The highest BCUT2D eigenvalue weighted by atomic mass is 15.1. The molecular formula is C64H58N2. The van der Waals surface area contributed by atoms with E-state index in [2.05, 4.69) is 218 Å². The van der Waals surface area contributed by atoms with E-state index in [-0.39, 0.29) is 0 Å². The predicted molar refractivity (Wildman–Crippen MR) is 277 cm³/mol. The van der Waals surface area contributed by atoms with Crippen LogP contribution >= 0.6 is 0 Å². The maximum absolute atomic E-state index is 2.44. The van der Waals surface area contributed by atoms with Gasteiger partial charge in [-0.3, -0.25) is 0 Å². The summed E-state index contributed by atoms with van der Waals surface area (Å²) >= 11 is 0. The maximum atomic E-state index is 2.44. The van der Waals surface area contributed by atoms with E-state index >= 15 is 0 Å². The third-order valence-corrected chi connectivity index (χ3v) is 14.2. The summed E-state index contributed by atoms with van der Waals surface area (Å²) in [5, 5.41) is 9.84. The molecule has 66 heavy (non-hydrogen) atoms. The van der Waals surface area contributed by atoms with Crippen LogP contribution in [-0.2, 0) is 0 Å². The molecule has 0 bridgehead atoms. The van der Waals surface area contributed by atoms with Crippen LogP contribution in [0, 0.1) is 55.6 Å². The summed E-state index contributed by atoms with van der Waals surface area (Å²) in [6.07, 6.45) is 17.7. The molecule has 324 valence electrons. The van der Waals surface area contributed by atoms with Crippen LogP contribution in [0.15, 0.2) is 193 Å². The van der Waals surface area contributed by atoms with Gasteiger partial charge in [0, 0.05) is 34.1 Å². The van der Waals surface area contributed by atoms with E-state index in [1.807, 2.05) is 0 Å². The molecule has 0 aliphatic heterocycles. The third kappa shape index (κ3) is 8.45. The van der Waals surface area contributed by atoms with Gasteiger partial charge in [-0.25, -0.2) is 0 Å². The van der Waals surface area contributed by atoms with Crippen LogP contribution in [0.4, 0.5) is 34.1 Å². The highest BCUT2D eigenvalue weighted by molar-refractivity contribution is 5.79. The number of hydrogen-bond donors (Lipinski definition) is 0. The van der Waals surface area contributed by atoms with Crippen molar-refractivity contribution < 1.29 is 0 Å². The molecule has 2 saturated carbocycles. The van der Waals surface area contributed by atoms with Crippen molar-refractivity contribution in [1.29, 1.82) is 0 Å². The van der Waals surface area contributed by atoms with E-state index in [0.29, 0.717) is 0 Å². The Hall–Kier alpha value is -7.16. The zero-order valence-corrected chi connectivity index (χ0v) is 38.4. The molecule has 0 unspecified atom stereocenters. The molecule has 2 fully saturated rings. The number of rotatable bonds is 8. The average molecular weight is 855 g/mol. The first-order valence-corrected chi connectivity index (χ1v) is 24.3. The summed E-state index contributed by atoms with van der Waals surface area (Å²) in [7, 11) is 0. The Labute approximate surface area is 389 Å². The zero-order valence-electron chi connectivity index (χ0n) is 38.4. The van der Waals surface area contributed by atoms with Crippen molar-refractivity contribution in [3.8, 4) is 0 Å². The van der Waals surface area contributed by atoms with Crippen LogP contribution in [0.1, 0.15) is 86.5 Å². The van der Waals surface area contributed by atoms with Crippen LogP contribution in [0.25, 0.3) is 12.2 Å². The Kier molecular flexibility index (Phi) is 11.6. The second kappa shape index (κ2) is 18.4. The lowest BCUT2D eigenvalue weighted by molar-refractivity contribution is 0.602. The fraction of sp³-hybridized carbons (Fsp3) is 0.188. The molecule has 8 aromatic carbocycles. The molecule has 0 atom stereocenters. The number of aryl methyl sites for hydroxylation is 2. The van der Waals surface area contributed by atoms with Crippen molar-refractivity contribution in [2.75, 3.05) is 9.80 Å². The van der Waals surface area contributed by atoms with E-state index in [1.165, 1.54) is 128 Å². The molecule has 3 aliphatic carbocycles. The first kappa shape index (κ1) is 41.5. The Morgan fingerprint density at radius 1 is 0.288 bits per heavy atom. The van der Waals surface area contributed by atoms with Crippen molar-refractivity contribution in [1.82, 2.24) is 0 Å². The van der Waals surface area contributed by atoms with Crippen LogP contribution < -0.4 is 9.80 Å². The molecule has 8 aromatic rings. The van der Waals surface area contributed by atoms with Crippen molar-refractivity contribution in [2.45, 2.75) is 78.1 Å². The van der Waals surface area contributed by atoms with Crippen molar-refractivity contribution >= 4 is 46.3 Å². The molecule has 0 heterocycles. The van der Waals surface area contributed by atoms with Gasteiger partial charge in [0.2, 0.25) is 0 Å². The summed E-state index contributed by atoms with van der Waals surface area (Å²) in [5.74, 6) is 0. The minimum Gasteiger partial charge on any atom is -0.310 e. The lowest BCUT2D eigenvalue weighted by Crippen LogP contribution is -2.10. The van der Waals surface area contributed by atoms with Gasteiger partial charge in [-0.2, -0.15) is 0 Å². The quantitative estimate of drug-likeness (QED) is 0.150. The van der Waals surface area contributed by atoms with E-state index in [1.54, 1.807) is 11.1 Å². The average Bonchev–Trinajstić information content (AvgIpc) is 3.36. The molecule has 0 radical (unpaired) electrons. The summed E-state index contributed by atoms with van der Waals surface area (Å²) in [5.41, 5.74) is 15.0. The van der Waals surface area contributed by atoms with E-state index in [4.69, 9.17) is 0 Å². The summed E-state index contributed by atoms with van der Waals surface area (Å²) in [6.45, 7) is 4.33. The van der Waals surface area contributed by atoms with Gasteiger partial charge in [-0.1, -0.05) is 156 Å². The van der Waals surface area contributed by atoms with Gasteiger partial charge >= 0.3 is 0 Å². The first-order chi connectivity index (χ1) is 32.5. The standard InChI is InChI=1S/C64H58N2/c1-45-21-29-51(30-22-45)65(53-33-25-49(26-34-53)41-47-13-5-3-6-14-47)55-37-39-61-59-19-10-9-17-57(59)58-18-11-12-20-60(58)63-43-56(38-40-62(63)64(61)44-55)66(52-31-23-46(2)24-32-52)54-35-27-50(28-36-54)42-48-15-7-4-8-16-48/h9-12,17-44H,3-8,13-16H2,1-2H3. The van der Waals surface area contributed by atoms with Gasteiger partial charge in [-0.05, 0) is 191 Å². The third-order valence-electron chi connectivity index (χ3n) is 14.2. The van der Waals surface area contributed by atoms with Gasteiger partial charge in [0.05, 0.1) is 0 Å². The largest absolute Gasteiger partial charge is 0.310 e. The Bertz CT molecular complexity index is 3360. The minimum absolute atomic E-state index is 1.13. The molecular weight excluding hydrogens is 797 g/mol. The van der Waals surface area contributed by atoms with Crippen LogP contribution in [-0.4, -0.2) is 0 Å². The number of nitrogens with zero attached hydrogens (tertiary/aromatic N) is 2. The van der Waals surface area contributed by atoms with Gasteiger partial charge < -0.3 is 9.80 Å². The molecule has 2 heteroatoms. The Morgan fingerprint density at radius 2 is 0.576 bits per heavy atom. The zero-order chi connectivity index (χ0) is 44.4. The van der Waals surface area contributed by atoms with Crippen LogP contribution in [0.5, 0.6) is 0 Å². The molecule has 0 spiro atoms. The summed E-state index contributed by atoms with van der Waals surface area (Å²) in [6, 6.07) is 68.6. The second-order valence-electron chi connectivity index (χ2n) is 18.8. The van der Waals surface area contributed by atoms with Gasteiger partial charge in [0.1, 0.15) is 0 Å². The number of allylic oxidation sites excluding steroid dienone is 2. The van der Waals surface area contributed by atoms with Gasteiger partial charge in [-0.15, -0.1) is 0 Å². The van der Waals surface area contributed by atoms with Crippen molar-refractivity contribution in [3.63, 3.8) is 0 Å². The minimum atomic E-state index is 1.13. The molecule has 3 aliphatic rings.